The number of hydrogen-bond acceptors (Lipinski definition) is 7. The van der Waals surface area contributed by atoms with Crippen molar-refractivity contribution in [2.45, 2.75) is 57.6 Å². The fourth-order valence-electron chi connectivity index (χ4n) is 7.23. The SMILES string of the molecule is C[C@@H]1[C@H](CN(C)[C@H](C)[C@@H](O)c2ccccc2)O[C@H](c2cccc(-c3cccc(CN4C(=O)c5ccccc5C4=O)c3)c2)O[C@@H]1c1ccc(CO)cc1. The topological polar surface area (TPSA) is 99.5 Å². The third-order valence-electron chi connectivity index (χ3n) is 10.5. The smallest absolute Gasteiger partial charge is 0.261 e. The van der Waals surface area contributed by atoms with Crippen molar-refractivity contribution in [1.82, 2.24) is 9.80 Å². The first kappa shape index (κ1) is 35.4. The van der Waals surface area contributed by atoms with Gasteiger partial charge in [-0.3, -0.25) is 19.4 Å². The second-order valence-corrected chi connectivity index (χ2v) is 13.9. The van der Waals surface area contributed by atoms with E-state index >= 15 is 0 Å². The fraction of sp³-hybridized carbons (Fsp3) is 0.273. The second kappa shape index (κ2) is 15.3. The number of carbonyl (C=O) groups excluding carboxylic acids is 2. The Morgan fingerprint density at radius 1 is 0.731 bits per heavy atom. The van der Waals surface area contributed by atoms with Crippen LogP contribution in [0.15, 0.2) is 127 Å². The molecule has 6 atom stereocenters. The van der Waals surface area contributed by atoms with Crippen LogP contribution < -0.4 is 0 Å². The molecule has 0 bridgehead atoms. The Bertz CT molecular complexity index is 2000. The van der Waals surface area contributed by atoms with Crippen molar-refractivity contribution in [3.05, 3.63) is 166 Å². The molecule has 2 aliphatic rings. The highest BCUT2D eigenvalue weighted by atomic mass is 16.7. The number of carbonyl (C=O) groups is 2. The molecule has 1 saturated heterocycles. The molecule has 2 aliphatic heterocycles. The number of amides is 2. The Kier molecular flexibility index (Phi) is 10.5. The Labute approximate surface area is 304 Å². The molecular weight excluding hydrogens is 652 g/mol. The first-order chi connectivity index (χ1) is 25.2. The van der Waals surface area contributed by atoms with Crippen molar-refractivity contribution in [3.8, 4) is 11.1 Å². The van der Waals surface area contributed by atoms with Crippen molar-refractivity contribution in [3.63, 3.8) is 0 Å². The van der Waals surface area contributed by atoms with Crippen LogP contribution in [0, 0.1) is 5.92 Å². The Hall–Kier alpha value is -4.96. The summed E-state index contributed by atoms with van der Waals surface area (Å²) in [6, 6.07) is 40.3. The van der Waals surface area contributed by atoms with Gasteiger partial charge in [0.25, 0.3) is 11.8 Å². The molecule has 5 aromatic rings. The molecule has 5 aromatic carbocycles. The van der Waals surface area contributed by atoms with Crippen LogP contribution in [0.1, 0.15) is 80.9 Å². The highest BCUT2D eigenvalue weighted by Crippen LogP contribution is 2.43. The van der Waals surface area contributed by atoms with Crippen molar-refractivity contribution >= 4 is 11.8 Å². The number of benzene rings is 5. The van der Waals surface area contributed by atoms with Crippen LogP contribution in [0.2, 0.25) is 0 Å². The summed E-state index contributed by atoms with van der Waals surface area (Å²) < 4.78 is 13.5. The van der Waals surface area contributed by atoms with Gasteiger partial charge >= 0.3 is 0 Å². The molecule has 2 amide bonds. The lowest BCUT2D eigenvalue weighted by atomic mass is 9.89. The first-order valence-corrected chi connectivity index (χ1v) is 17.8. The quantitative estimate of drug-likeness (QED) is 0.138. The van der Waals surface area contributed by atoms with Crippen LogP contribution in [0.5, 0.6) is 0 Å². The van der Waals surface area contributed by atoms with Crippen LogP contribution in [-0.4, -0.2) is 57.6 Å². The minimum absolute atomic E-state index is 0.0262. The molecule has 0 aromatic heterocycles. The summed E-state index contributed by atoms with van der Waals surface area (Å²) in [5.74, 6) is -0.584. The Balaban J connectivity index is 1.13. The van der Waals surface area contributed by atoms with Crippen LogP contribution in [0.25, 0.3) is 11.1 Å². The van der Waals surface area contributed by atoms with Gasteiger partial charge in [-0.15, -0.1) is 0 Å². The number of fused-ring (bicyclic) bond motifs is 1. The molecule has 2 heterocycles. The van der Waals surface area contributed by atoms with Crippen LogP contribution >= 0.6 is 0 Å². The molecule has 0 aliphatic carbocycles. The van der Waals surface area contributed by atoms with E-state index in [2.05, 4.69) is 17.9 Å². The second-order valence-electron chi connectivity index (χ2n) is 13.9. The summed E-state index contributed by atoms with van der Waals surface area (Å²) in [6.07, 6.45) is -1.86. The largest absolute Gasteiger partial charge is 0.392 e. The summed E-state index contributed by atoms with van der Waals surface area (Å²) in [5.41, 5.74) is 7.17. The summed E-state index contributed by atoms with van der Waals surface area (Å²) in [6.45, 7) is 4.87. The van der Waals surface area contributed by atoms with Crippen molar-refractivity contribution < 1.29 is 29.3 Å². The van der Waals surface area contributed by atoms with E-state index in [0.717, 1.165) is 38.9 Å². The van der Waals surface area contributed by atoms with Gasteiger partial charge < -0.3 is 19.7 Å². The maximum Gasteiger partial charge on any atom is 0.261 e. The van der Waals surface area contributed by atoms with Gasteiger partial charge in [0.2, 0.25) is 0 Å². The lowest BCUT2D eigenvalue weighted by Crippen LogP contribution is -2.46. The van der Waals surface area contributed by atoms with E-state index in [1.54, 1.807) is 24.3 Å². The lowest BCUT2D eigenvalue weighted by molar-refractivity contribution is -0.276. The molecule has 0 saturated carbocycles. The normalized spacial score (nSPS) is 21.3. The zero-order valence-electron chi connectivity index (χ0n) is 29.6. The zero-order chi connectivity index (χ0) is 36.4. The van der Waals surface area contributed by atoms with Gasteiger partial charge in [-0.1, -0.05) is 110 Å². The molecule has 8 nitrogen and oxygen atoms in total. The third kappa shape index (κ3) is 7.21. The number of nitrogens with zero attached hydrogens (tertiary/aromatic N) is 2. The van der Waals surface area contributed by atoms with Gasteiger partial charge in [-0.2, -0.15) is 0 Å². The molecule has 52 heavy (non-hydrogen) atoms. The summed E-state index contributed by atoms with van der Waals surface area (Å²) >= 11 is 0. The Morgan fingerprint density at radius 3 is 2.04 bits per heavy atom. The molecule has 2 N–H and O–H groups in total. The molecule has 7 rings (SSSR count). The maximum absolute atomic E-state index is 13.0. The van der Waals surface area contributed by atoms with Gasteiger partial charge in [0.05, 0.1) is 42.6 Å². The number of likely N-dealkylation sites (N-methyl/N-ethyl adjacent to an activating group) is 1. The minimum atomic E-state index is -0.673. The highest BCUT2D eigenvalue weighted by molar-refractivity contribution is 6.21. The molecular formula is C44H44N2O6. The molecule has 1 fully saturated rings. The number of rotatable bonds is 11. The molecule has 0 unspecified atom stereocenters. The van der Waals surface area contributed by atoms with E-state index in [4.69, 9.17) is 9.47 Å². The average Bonchev–Trinajstić information content (AvgIpc) is 3.43. The first-order valence-electron chi connectivity index (χ1n) is 17.8. The number of aliphatic hydroxyl groups excluding tert-OH is 2. The van der Waals surface area contributed by atoms with E-state index in [-0.39, 0.29) is 49.1 Å². The highest BCUT2D eigenvalue weighted by Gasteiger charge is 2.40. The van der Waals surface area contributed by atoms with E-state index in [1.807, 2.05) is 111 Å². The Morgan fingerprint density at radius 2 is 1.37 bits per heavy atom. The van der Waals surface area contributed by atoms with Crippen LogP contribution in [-0.2, 0) is 22.6 Å². The van der Waals surface area contributed by atoms with Crippen LogP contribution in [0.3, 0.4) is 0 Å². The summed E-state index contributed by atoms with van der Waals surface area (Å²) in [4.78, 5) is 29.5. The minimum Gasteiger partial charge on any atom is -0.392 e. The molecule has 8 heteroatoms. The van der Waals surface area contributed by atoms with Gasteiger partial charge in [0.15, 0.2) is 6.29 Å². The van der Waals surface area contributed by atoms with E-state index in [9.17, 15) is 19.8 Å². The molecule has 0 spiro atoms. The summed E-state index contributed by atoms with van der Waals surface area (Å²) in [7, 11) is 2.01. The van der Waals surface area contributed by atoms with Gasteiger partial charge in [0.1, 0.15) is 0 Å². The third-order valence-corrected chi connectivity index (χ3v) is 10.5. The van der Waals surface area contributed by atoms with E-state index in [1.165, 1.54) is 4.90 Å². The van der Waals surface area contributed by atoms with E-state index < -0.39 is 12.4 Å². The average molecular weight is 697 g/mol. The molecule has 0 radical (unpaired) electrons. The van der Waals surface area contributed by atoms with Crippen molar-refractivity contribution in [2.75, 3.05) is 13.6 Å². The summed E-state index contributed by atoms with van der Waals surface area (Å²) in [5, 5.41) is 20.9. The predicted octanol–water partition coefficient (Wildman–Crippen LogP) is 7.49. The van der Waals surface area contributed by atoms with Gasteiger partial charge in [-0.25, -0.2) is 0 Å². The molecule has 266 valence electrons. The van der Waals surface area contributed by atoms with Crippen LogP contribution in [0.4, 0.5) is 0 Å². The van der Waals surface area contributed by atoms with Gasteiger partial charge in [0, 0.05) is 24.1 Å². The lowest BCUT2D eigenvalue weighted by Gasteiger charge is -2.43. The fourth-order valence-corrected chi connectivity index (χ4v) is 7.23. The van der Waals surface area contributed by atoms with Gasteiger partial charge in [-0.05, 0) is 71.6 Å². The number of hydrogen-bond donors (Lipinski definition) is 2. The van der Waals surface area contributed by atoms with Crippen molar-refractivity contribution in [1.29, 1.82) is 0 Å². The monoisotopic (exact) mass is 696 g/mol. The number of imide groups is 1. The van der Waals surface area contributed by atoms with Crippen molar-refractivity contribution in [2.24, 2.45) is 5.92 Å². The number of ether oxygens (including phenoxy) is 2. The zero-order valence-corrected chi connectivity index (χ0v) is 29.6. The predicted molar refractivity (Wildman–Crippen MR) is 199 cm³/mol. The van der Waals surface area contributed by atoms with E-state index in [0.29, 0.717) is 17.7 Å². The number of aliphatic hydroxyl groups is 2. The standard InChI is InChI=1S/C44H44N2O6/c1-28-39(26-45(3)29(2)40(48)32-12-5-4-6-13-32)51-44(52-41(28)33-21-19-30(27-47)20-22-33)36-16-10-15-35(24-36)34-14-9-11-31(23-34)25-46-42(49)37-17-7-8-18-38(37)43(46)50/h4-24,28-29,39-41,44,47-48H,25-27H2,1-3H3/t28-,29-,39+,40-,41+,44+/m1/s1. The maximum atomic E-state index is 13.0.